The number of amides is 1. The third-order valence-corrected chi connectivity index (χ3v) is 6.39. The second-order valence-corrected chi connectivity index (χ2v) is 8.07. The van der Waals surface area contributed by atoms with Crippen molar-refractivity contribution in [1.82, 2.24) is 19.5 Å². The van der Waals surface area contributed by atoms with E-state index in [1.165, 1.54) is 4.52 Å². The largest absolute Gasteiger partial charge is 0.356 e. The van der Waals surface area contributed by atoms with Crippen molar-refractivity contribution >= 4 is 29.8 Å². The highest BCUT2D eigenvalue weighted by Gasteiger charge is 2.58. The van der Waals surface area contributed by atoms with E-state index in [2.05, 4.69) is 31.5 Å². The lowest BCUT2D eigenvalue weighted by Crippen LogP contribution is -2.51. The Bertz CT molecular complexity index is 1090. The van der Waals surface area contributed by atoms with Gasteiger partial charge < -0.3 is 14.5 Å². The number of piperidine rings is 1. The van der Waals surface area contributed by atoms with Gasteiger partial charge in [0.25, 0.3) is 5.91 Å². The molecule has 1 amide bonds. The normalized spacial score (nSPS) is 25.5. The molecular weight excluding hydrogens is 401 g/mol. The molecule has 0 aromatic carbocycles. The molecular formula is C21H24FN7O2. The molecule has 2 aromatic heterocycles. The fraction of sp³-hybridized carbons (Fsp3) is 0.476. The zero-order valence-corrected chi connectivity index (χ0v) is 17.3. The maximum absolute atomic E-state index is 13.9. The Morgan fingerprint density at radius 2 is 2.16 bits per heavy atom. The second kappa shape index (κ2) is 7.52. The van der Waals surface area contributed by atoms with Gasteiger partial charge in [0.1, 0.15) is 12.0 Å². The first-order valence-electron chi connectivity index (χ1n) is 10.4. The quantitative estimate of drug-likeness (QED) is 0.698. The molecule has 5 rings (SSSR count). The molecule has 3 fully saturated rings. The smallest absolute Gasteiger partial charge is 0.257 e. The molecule has 31 heavy (non-hydrogen) atoms. The molecule has 162 valence electrons. The van der Waals surface area contributed by atoms with E-state index < -0.39 is 11.4 Å². The van der Waals surface area contributed by atoms with Crippen LogP contribution >= 0.6 is 0 Å². The van der Waals surface area contributed by atoms with Crippen LogP contribution in [0, 0.1) is 5.82 Å². The van der Waals surface area contributed by atoms with E-state index >= 15 is 0 Å². The van der Waals surface area contributed by atoms with Crippen LogP contribution in [0.3, 0.4) is 0 Å². The molecule has 3 saturated heterocycles. The lowest BCUT2D eigenvalue weighted by molar-refractivity contribution is -0.140. The first-order chi connectivity index (χ1) is 15.0. The predicted octanol–water partition coefficient (Wildman–Crippen LogP) is 1.84. The minimum atomic E-state index is -0.823. The Morgan fingerprint density at radius 1 is 1.35 bits per heavy atom. The van der Waals surface area contributed by atoms with Crippen LogP contribution in [-0.2, 0) is 9.53 Å². The van der Waals surface area contributed by atoms with E-state index in [0.717, 1.165) is 24.9 Å². The fourth-order valence-corrected chi connectivity index (χ4v) is 4.84. The van der Waals surface area contributed by atoms with Crippen molar-refractivity contribution in [1.29, 1.82) is 0 Å². The van der Waals surface area contributed by atoms with Crippen LogP contribution in [0.15, 0.2) is 40.7 Å². The zero-order chi connectivity index (χ0) is 21.6. The Balaban J connectivity index is 1.32. The number of hydrogen-bond donors (Lipinski definition) is 0. The van der Waals surface area contributed by atoms with Gasteiger partial charge in [-0.15, -0.1) is 0 Å². The topological polar surface area (TPSA) is 87.7 Å². The summed E-state index contributed by atoms with van der Waals surface area (Å²) in [5, 5.41) is 4.10. The SMILES string of the molecule is C=C(/N=C\C=N/C)[C@@H]1CC[C@H]2OC3(CCN(c4ccnc5c(F)cnn45)CC3)C(=O)N21. The lowest BCUT2D eigenvalue weighted by atomic mass is 9.90. The van der Waals surface area contributed by atoms with Crippen molar-refractivity contribution in [3.63, 3.8) is 0 Å². The van der Waals surface area contributed by atoms with Gasteiger partial charge in [-0.2, -0.15) is 9.61 Å². The number of ether oxygens (including phenoxy) is 1. The monoisotopic (exact) mass is 425 g/mol. The van der Waals surface area contributed by atoms with Crippen molar-refractivity contribution in [2.75, 3.05) is 25.0 Å². The van der Waals surface area contributed by atoms with E-state index in [1.807, 2.05) is 11.0 Å². The highest BCUT2D eigenvalue weighted by atomic mass is 19.1. The molecule has 2 atom stereocenters. The molecule has 0 saturated carbocycles. The van der Waals surface area contributed by atoms with Gasteiger partial charge in [0, 0.05) is 51.6 Å². The van der Waals surface area contributed by atoms with Crippen LogP contribution < -0.4 is 4.90 Å². The first-order valence-corrected chi connectivity index (χ1v) is 10.4. The van der Waals surface area contributed by atoms with Crippen molar-refractivity contribution in [2.24, 2.45) is 9.98 Å². The number of aliphatic imine (C=N–C) groups is 2. The van der Waals surface area contributed by atoms with Crippen molar-refractivity contribution < 1.29 is 13.9 Å². The Hall–Kier alpha value is -3.14. The van der Waals surface area contributed by atoms with E-state index in [0.29, 0.717) is 31.6 Å². The molecule has 3 aliphatic heterocycles. The molecule has 0 bridgehead atoms. The van der Waals surface area contributed by atoms with E-state index in [1.54, 1.807) is 25.7 Å². The van der Waals surface area contributed by atoms with Gasteiger partial charge in [-0.25, -0.2) is 9.37 Å². The summed E-state index contributed by atoms with van der Waals surface area (Å²) in [6.45, 7) is 5.26. The highest BCUT2D eigenvalue weighted by Crippen LogP contribution is 2.44. The maximum atomic E-state index is 13.9. The molecule has 9 nitrogen and oxygen atoms in total. The van der Waals surface area contributed by atoms with Crippen LogP contribution in [0.2, 0.25) is 0 Å². The summed E-state index contributed by atoms with van der Waals surface area (Å²) in [5.41, 5.74) is 0.0197. The number of hydrogen-bond acceptors (Lipinski definition) is 7. The second-order valence-electron chi connectivity index (χ2n) is 8.07. The van der Waals surface area contributed by atoms with Gasteiger partial charge in [0.05, 0.1) is 17.9 Å². The third-order valence-electron chi connectivity index (χ3n) is 6.39. The van der Waals surface area contributed by atoms with Gasteiger partial charge in [-0.1, -0.05) is 6.58 Å². The molecule has 0 unspecified atom stereocenters. The molecule has 5 heterocycles. The predicted molar refractivity (Wildman–Crippen MR) is 114 cm³/mol. The number of aromatic nitrogens is 3. The van der Waals surface area contributed by atoms with Gasteiger partial charge in [0.2, 0.25) is 0 Å². The minimum Gasteiger partial charge on any atom is -0.356 e. The number of nitrogens with zero attached hydrogens (tertiary/aromatic N) is 7. The standard InChI is InChI=1S/C21H24FN7O2/c1-14(24-10-9-23-2)16-3-4-18-28(16)20(30)21(31-18)6-11-27(12-7-21)17-5-8-25-19-15(22)13-26-29(17)19/h5,8-10,13,16,18H,1,3-4,6-7,11-12H2,2H3/b23-9-,24-10-/t16-,18+/m0/s1. The summed E-state index contributed by atoms with van der Waals surface area (Å²) in [6.07, 6.45) is 8.37. The number of carbonyl (C=O) groups is 1. The van der Waals surface area contributed by atoms with Gasteiger partial charge in [0.15, 0.2) is 17.1 Å². The van der Waals surface area contributed by atoms with Crippen LogP contribution in [-0.4, -0.2) is 75.8 Å². The Labute approximate surface area is 178 Å². The summed E-state index contributed by atoms with van der Waals surface area (Å²) < 4.78 is 21.7. The molecule has 2 aromatic rings. The minimum absolute atomic E-state index is 0.0187. The van der Waals surface area contributed by atoms with Crippen molar-refractivity contribution in [3.8, 4) is 0 Å². The van der Waals surface area contributed by atoms with Crippen molar-refractivity contribution in [3.05, 3.63) is 36.6 Å². The van der Waals surface area contributed by atoms with E-state index in [-0.39, 0.29) is 23.8 Å². The van der Waals surface area contributed by atoms with E-state index in [9.17, 15) is 9.18 Å². The molecule has 10 heteroatoms. The number of halogens is 1. The average Bonchev–Trinajstić information content (AvgIpc) is 3.44. The van der Waals surface area contributed by atoms with Crippen LogP contribution in [0.4, 0.5) is 10.2 Å². The molecule has 0 aliphatic carbocycles. The summed E-state index contributed by atoms with van der Waals surface area (Å²) in [4.78, 5) is 29.6. The number of fused-ring (bicyclic) bond motifs is 2. The third kappa shape index (κ3) is 3.13. The summed E-state index contributed by atoms with van der Waals surface area (Å²) in [5.74, 6) is 0.322. The Morgan fingerprint density at radius 3 is 2.94 bits per heavy atom. The zero-order valence-electron chi connectivity index (χ0n) is 17.3. The van der Waals surface area contributed by atoms with E-state index in [4.69, 9.17) is 4.74 Å². The number of rotatable bonds is 4. The number of carbonyl (C=O) groups excluding carboxylic acids is 1. The van der Waals surface area contributed by atoms with Gasteiger partial charge >= 0.3 is 0 Å². The van der Waals surface area contributed by atoms with Crippen LogP contribution in [0.25, 0.3) is 5.65 Å². The summed E-state index contributed by atoms with van der Waals surface area (Å²) >= 11 is 0. The van der Waals surface area contributed by atoms with Gasteiger partial charge in [-0.05, 0) is 18.9 Å². The maximum Gasteiger partial charge on any atom is 0.257 e. The summed E-state index contributed by atoms with van der Waals surface area (Å²) in [7, 11) is 1.67. The number of anilines is 1. The molecule has 1 spiro atoms. The molecule has 0 radical (unpaired) electrons. The van der Waals surface area contributed by atoms with Crippen LogP contribution in [0.5, 0.6) is 0 Å². The van der Waals surface area contributed by atoms with Gasteiger partial charge in [-0.3, -0.25) is 14.8 Å². The molecule has 0 N–H and O–H groups in total. The molecule has 3 aliphatic rings. The summed E-state index contributed by atoms with van der Waals surface area (Å²) in [6, 6.07) is 1.66. The average molecular weight is 425 g/mol. The van der Waals surface area contributed by atoms with Crippen molar-refractivity contribution in [2.45, 2.75) is 43.6 Å². The highest BCUT2D eigenvalue weighted by molar-refractivity contribution is 6.16. The first kappa shape index (κ1) is 19.8. The fourth-order valence-electron chi connectivity index (χ4n) is 4.84. The van der Waals surface area contributed by atoms with Crippen LogP contribution in [0.1, 0.15) is 25.7 Å². The lowest BCUT2D eigenvalue weighted by Gasteiger charge is -2.38. The Kier molecular flexibility index (Phi) is 4.81.